The minimum absolute atomic E-state index is 0.0656. The molecule has 7 rings (SSSR count). The summed E-state index contributed by atoms with van der Waals surface area (Å²) in [6, 6.07) is 11.2. The van der Waals surface area contributed by atoms with Gasteiger partial charge in [0.2, 0.25) is 17.8 Å². The number of fused-ring (bicyclic) bond motifs is 1. The van der Waals surface area contributed by atoms with Gasteiger partial charge in [-0.1, -0.05) is 11.6 Å². The molecule has 3 aliphatic rings. The number of carbonyl (C=O) groups is 4. The maximum atomic E-state index is 15.3. The van der Waals surface area contributed by atoms with Gasteiger partial charge in [-0.25, -0.2) is 9.37 Å². The van der Waals surface area contributed by atoms with Crippen molar-refractivity contribution in [2.45, 2.75) is 57.7 Å². The number of nitrogens with one attached hydrogen (secondary N) is 4. The molecule has 0 radical (unpaired) electrons. The highest BCUT2D eigenvalue weighted by Crippen LogP contribution is 2.31. The Labute approximate surface area is 345 Å². The van der Waals surface area contributed by atoms with Crippen LogP contribution < -0.4 is 41.4 Å². The van der Waals surface area contributed by atoms with E-state index in [2.05, 4.69) is 54.8 Å². The summed E-state index contributed by atoms with van der Waals surface area (Å²) in [6.45, 7) is 7.97. The summed E-state index contributed by atoms with van der Waals surface area (Å²) < 4.78 is 22.3. The standard InChI is InChI=1S/C41H48ClFN10O6/c1-23-19-52(28-6-7-29(31(43)17-28)38(56)47-32-8-10-35(54)48-39(32)57)20-24(2)53(23)21-25-11-13-51(14-12-25)41-45-18-30(42)37(49-41)46-27-5-9-33-26(15-27)16-34(40(58)50(33)4)59-22-36(55)44-3/h5-7,9,15-18,23-25,32H,8,10-14,19-22H2,1-4H3,(H,44,55)(H,47,56)(H,45,46,49)(H,48,54,57)/t23-,24+,32?. The molecule has 5 heterocycles. The van der Waals surface area contributed by atoms with E-state index < -0.39 is 23.7 Å². The minimum Gasteiger partial charge on any atom is -0.478 e. The number of hydrogen-bond acceptors (Lipinski definition) is 12. The third-order valence-corrected chi connectivity index (χ3v) is 11.7. The lowest BCUT2D eigenvalue weighted by Gasteiger charge is -2.47. The van der Waals surface area contributed by atoms with E-state index in [9.17, 15) is 24.0 Å². The Morgan fingerprint density at radius 2 is 1.75 bits per heavy atom. The van der Waals surface area contributed by atoms with Crippen molar-refractivity contribution in [1.29, 1.82) is 0 Å². The number of pyridine rings is 1. The molecule has 3 atom stereocenters. The van der Waals surface area contributed by atoms with Crippen molar-refractivity contribution in [1.82, 2.24) is 35.4 Å². The summed E-state index contributed by atoms with van der Waals surface area (Å²) >= 11 is 6.56. The number of hydrogen-bond donors (Lipinski definition) is 4. The van der Waals surface area contributed by atoms with Crippen LogP contribution in [0.4, 0.5) is 27.5 Å². The van der Waals surface area contributed by atoms with Crippen LogP contribution in [0.1, 0.15) is 49.9 Å². The number of benzene rings is 2. The van der Waals surface area contributed by atoms with Gasteiger partial charge in [0.25, 0.3) is 17.4 Å². The second-order valence-electron chi connectivity index (χ2n) is 15.5. The van der Waals surface area contributed by atoms with Crippen molar-refractivity contribution in [3.63, 3.8) is 0 Å². The predicted molar refractivity (Wildman–Crippen MR) is 222 cm³/mol. The topological polar surface area (TPSA) is 183 Å². The number of piperidine rings is 2. The fraction of sp³-hybridized carbons (Fsp3) is 0.439. The van der Waals surface area contributed by atoms with Gasteiger partial charge in [-0.3, -0.25) is 34.2 Å². The number of carbonyl (C=O) groups excluding carboxylic acids is 4. The quantitative estimate of drug-likeness (QED) is 0.162. The normalized spacial score (nSPS) is 20.3. The van der Waals surface area contributed by atoms with Crippen molar-refractivity contribution in [3.05, 3.63) is 75.4 Å². The van der Waals surface area contributed by atoms with Gasteiger partial charge in [0, 0.05) is 82.1 Å². The number of aryl methyl sites for hydroxylation is 1. The number of piperazine rings is 1. The number of nitrogens with zero attached hydrogens (tertiary/aromatic N) is 6. The third-order valence-electron chi connectivity index (χ3n) is 11.4. The van der Waals surface area contributed by atoms with Gasteiger partial charge in [0.15, 0.2) is 18.2 Å². The van der Waals surface area contributed by atoms with Crippen LogP contribution >= 0.6 is 11.6 Å². The summed E-state index contributed by atoms with van der Waals surface area (Å²) in [5.41, 5.74) is 1.57. The largest absolute Gasteiger partial charge is 0.478 e. The van der Waals surface area contributed by atoms with E-state index >= 15 is 4.39 Å². The summed E-state index contributed by atoms with van der Waals surface area (Å²) in [5.74, 6) is -1.13. The van der Waals surface area contributed by atoms with Gasteiger partial charge in [0.05, 0.1) is 17.3 Å². The molecule has 4 aromatic rings. The zero-order chi connectivity index (χ0) is 42.0. The molecule has 2 aromatic heterocycles. The molecule has 59 heavy (non-hydrogen) atoms. The second kappa shape index (κ2) is 17.6. The SMILES string of the molecule is CNC(=O)COc1cc2cc(Nc3nc(N4CCC(CN5[C@H](C)CN(c6ccc(C(=O)NC7CCC(=O)NC7=O)c(F)c6)C[C@@H]5C)CC4)ncc3Cl)ccc2n(C)c1=O. The first kappa shape index (κ1) is 41.4. The smallest absolute Gasteiger partial charge is 0.293 e. The molecule has 4 N–H and O–H groups in total. The van der Waals surface area contributed by atoms with Crippen molar-refractivity contribution >= 4 is 69.3 Å². The van der Waals surface area contributed by atoms with E-state index in [4.69, 9.17) is 21.3 Å². The van der Waals surface area contributed by atoms with Crippen LogP contribution in [0.15, 0.2) is 53.5 Å². The number of rotatable bonds is 11. The lowest BCUT2D eigenvalue weighted by atomic mass is 9.94. The summed E-state index contributed by atoms with van der Waals surface area (Å²) in [4.78, 5) is 77.0. The molecule has 0 spiro atoms. The average molecular weight is 831 g/mol. The highest BCUT2D eigenvalue weighted by Gasteiger charge is 2.34. The Balaban J connectivity index is 0.930. The first-order chi connectivity index (χ1) is 28.3. The molecule has 1 unspecified atom stereocenters. The molecular weight excluding hydrogens is 783 g/mol. The second-order valence-corrected chi connectivity index (χ2v) is 15.9. The fourth-order valence-electron chi connectivity index (χ4n) is 8.08. The molecular formula is C41H48ClFN10O6. The van der Waals surface area contributed by atoms with E-state index in [1.807, 2.05) is 18.2 Å². The summed E-state index contributed by atoms with van der Waals surface area (Å²) in [5, 5.41) is 11.6. The zero-order valence-corrected chi connectivity index (χ0v) is 34.1. The molecule has 18 heteroatoms. The Morgan fingerprint density at radius 3 is 2.44 bits per heavy atom. The molecule has 2 aromatic carbocycles. The molecule has 16 nitrogen and oxygen atoms in total. The maximum Gasteiger partial charge on any atom is 0.293 e. The highest BCUT2D eigenvalue weighted by atomic mass is 35.5. The summed E-state index contributed by atoms with van der Waals surface area (Å²) in [7, 11) is 3.15. The van der Waals surface area contributed by atoms with Crippen LogP contribution in [0.2, 0.25) is 5.02 Å². The zero-order valence-electron chi connectivity index (χ0n) is 33.4. The minimum atomic E-state index is -0.883. The molecule has 3 saturated heterocycles. The Morgan fingerprint density at radius 1 is 1.00 bits per heavy atom. The van der Waals surface area contributed by atoms with Gasteiger partial charge in [0.1, 0.15) is 16.9 Å². The van der Waals surface area contributed by atoms with Crippen LogP contribution in [-0.4, -0.2) is 108 Å². The predicted octanol–water partition coefficient (Wildman–Crippen LogP) is 3.34. The molecule has 3 aliphatic heterocycles. The number of aromatic nitrogens is 3. The average Bonchev–Trinajstić information content (AvgIpc) is 3.21. The monoisotopic (exact) mass is 830 g/mol. The molecule has 0 bridgehead atoms. The van der Waals surface area contributed by atoms with E-state index in [1.165, 1.54) is 23.7 Å². The number of likely N-dealkylation sites (N-methyl/N-ethyl adjacent to an activating group) is 1. The Hall–Kier alpha value is -5.81. The number of ether oxygens (including phenoxy) is 1. The molecule has 4 amide bonds. The van der Waals surface area contributed by atoms with E-state index in [0.717, 1.165) is 37.9 Å². The molecule has 3 fully saturated rings. The van der Waals surface area contributed by atoms with Gasteiger partial charge in [-0.2, -0.15) is 4.98 Å². The molecule has 312 valence electrons. The highest BCUT2D eigenvalue weighted by molar-refractivity contribution is 6.33. The lowest BCUT2D eigenvalue weighted by molar-refractivity contribution is -0.134. The van der Waals surface area contributed by atoms with E-state index in [0.29, 0.717) is 52.7 Å². The molecule has 0 saturated carbocycles. The number of anilines is 4. The van der Waals surface area contributed by atoms with Crippen molar-refractivity contribution in [2.24, 2.45) is 13.0 Å². The maximum absolute atomic E-state index is 15.3. The number of halogens is 2. The first-order valence-corrected chi connectivity index (χ1v) is 20.1. The van der Waals surface area contributed by atoms with Crippen molar-refractivity contribution in [3.8, 4) is 5.75 Å². The fourth-order valence-corrected chi connectivity index (χ4v) is 8.22. The van der Waals surface area contributed by atoms with Crippen LogP contribution in [0.3, 0.4) is 0 Å². The van der Waals surface area contributed by atoms with Crippen LogP contribution in [0, 0.1) is 11.7 Å². The van der Waals surface area contributed by atoms with Gasteiger partial charge in [-0.05, 0) is 81.5 Å². The number of imide groups is 1. The van der Waals surface area contributed by atoms with E-state index in [-0.39, 0.29) is 60.2 Å². The van der Waals surface area contributed by atoms with Gasteiger partial charge < -0.3 is 35.1 Å². The van der Waals surface area contributed by atoms with Crippen LogP contribution in [-0.2, 0) is 21.4 Å². The van der Waals surface area contributed by atoms with Crippen molar-refractivity contribution in [2.75, 3.05) is 61.5 Å². The van der Waals surface area contributed by atoms with Crippen LogP contribution in [0.5, 0.6) is 5.75 Å². The van der Waals surface area contributed by atoms with Crippen LogP contribution in [0.25, 0.3) is 10.9 Å². The number of amides is 4. The Bertz CT molecular complexity index is 2320. The molecule has 0 aliphatic carbocycles. The summed E-state index contributed by atoms with van der Waals surface area (Å²) in [6.07, 6.45) is 3.79. The van der Waals surface area contributed by atoms with Gasteiger partial charge in [-0.15, -0.1) is 0 Å². The third kappa shape index (κ3) is 9.25. The van der Waals surface area contributed by atoms with E-state index in [1.54, 1.807) is 25.4 Å². The first-order valence-electron chi connectivity index (χ1n) is 19.7. The Kier molecular flexibility index (Phi) is 12.3. The van der Waals surface area contributed by atoms with Crippen molar-refractivity contribution < 1.29 is 28.3 Å². The lowest BCUT2D eigenvalue weighted by Crippen LogP contribution is -2.58. The van der Waals surface area contributed by atoms with Gasteiger partial charge >= 0.3 is 0 Å².